The highest BCUT2D eigenvalue weighted by atomic mass is 35.5. The molecule has 1 aromatic rings. The molecule has 1 aliphatic rings. The molecule has 0 unspecified atom stereocenters. The third-order valence-corrected chi connectivity index (χ3v) is 3.20. The van der Waals surface area contributed by atoms with Crippen LogP contribution in [0.15, 0.2) is 24.3 Å². The normalized spacial score (nSPS) is 17.9. The summed E-state index contributed by atoms with van der Waals surface area (Å²) in [5.74, 6) is 0. The van der Waals surface area contributed by atoms with Gasteiger partial charge in [-0.2, -0.15) is 0 Å². The molecule has 2 N–H and O–H groups in total. The van der Waals surface area contributed by atoms with Crippen LogP contribution in [0.5, 0.6) is 0 Å². The predicted molar refractivity (Wildman–Crippen MR) is 68.5 cm³/mol. The van der Waals surface area contributed by atoms with Gasteiger partial charge in [0.1, 0.15) is 12.2 Å². The number of halogens is 1. The SMILES string of the molecule is C[C@@H](OC(=O)NC1CC1)[C@H](O)c1ccccc1Cl. The maximum Gasteiger partial charge on any atom is 0.407 e. The zero-order chi connectivity index (χ0) is 13.1. The van der Waals surface area contributed by atoms with Crippen molar-refractivity contribution >= 4 is 17.7 Å². The highest BCUT2D eigenvalue weighted by Crippen LogP contribution is 2.26. The molecular weight excluding hydrogens is 254 g/mol. The van der Waals surface area contributed by atoms with Crippen molar-refractivity contribution in [2.24, 2.45) is 0 Å². The smallest absolute Gasteiger partial charge is 0.407 e. The Bertz CT molecular complexity index is 434. The zero-order valence-corrected chi connectivity index (χ0v) is 10.9. The minimum atomic E-state index is -0.927. The van der Waals surface area contributed by atoms with Gasteiger partial charge < -0.3 is 15.2 Å². The zero-order valence-electron chi connectivity index (χ0n) is 10.1. The van der Waals surface area contributed by atoms with Crippen molar-refractivity contribution in [2.75, 3.05) is 0 Å². The molecule has 1 aliphatic carbocycles. The Labute approximate surface area is 111 Å². The molecular formula is C13H16ClNO3. The van der Waals surface area contributed by atoms with Crippen LogP contribution < -0.4 is 5.32 Å². The van der Waals surface area contributed by atoms with Gasteiger partial charge in [0, 0.05) is 16.6 Å². The lowest BCUT2D eigenvalue weighted by atomic mass is 10.1. The molecule has 0 bridgehead atoms. The van der Waals surface area contributed by atoms with Crippen molar-refractivity contribution in [1.29, 1.82) is 0 Å². The van der Waals surface area contributed by atoms with Crippen LogP contribution in [0.3, 0.4) is 0 Å². The molecule has 1 saturated carbocycles. The summed E-state index contributed by atoms with van der Waals surface area (Å²) in [5.41, 5.74) is 0.561. The number of aliphatic hydroxyl groups excluding tert-OH is 1. The van der Waals surface area contributed by atoms with Crippen LogP contribution in [0.25, 0.3) is 0 Å². The Hall–Kier alpha value is -1.26. The molecule has 2 atom stereocenters. The molecule has 1 aromatic carbocycles. The number of alkyl carbamates (subject to hydrolysis) is 1. The average molecular weight is 270 g/mol. The monoisotopic (exact) mass is 269 g/mol. The van der Waals surface area contributed by atoms with Gasteiger partial charge in [-0.25, -0.2) is 4.79 Å². The second kappa shape index (κ2) is 5.59. The van der Waals surface area contributed by atoms with Gasteiger partial charge in [-0.1, -0.05) is 29.8 Å². The van der Waals surface area contributed by atoms with Crippen LogP contribution in [-0.2, 0) is 4.74 Å². The Morgan fingerprint density at radius 1 is 1.50 bits per heavy atom. The Morgan fingerprint density at radius 2 is 2.17 bits per heavy atom. The molecule has 5 heteroatoms. The van der Waals surface area contributed by atoms with Crippen molar-refractivity contribution in [3.8, 4) is 0 Å². The minimum Gasteiger partial charge on any atom is -0.443 e. The summed E-state index contributed by atoms with van der Waals surface area (Å²) >= 11 is 5.98. The van der Waals surface area contributed by atoms with E-state index in [2.05, 4.69) is 5.32 Å². The fourth-order valence-electron chi connectivity index (χ4n) is 1.63. The number of amides is 1. The van der Waals surface area contributed by atoms with Gasteiger partial charge in [0.15, 0.2) is 0 Å². The first kappa shape index (κ1) is 13.2. The van der Waals surface area contributed by atoms with Crippen LogP contribution in [0.4, 0.5) is 4.79 Å². The van der Waals surface area contributed by atoms with E-state index in [0.29, 0.717) is 10.6 Å². The van der Waals surface area contributed by atoms with Crippen LogP contribution in [-0.4, -0.2) is 23.3 Å². The Morgan fingerprint density at radius 3 is 2.78 bits per heavy atom. The van der Waals surface area contributed by atoms with E-state index in [1.165, 1.54) is 0 Å². The van der Waals surface area contributed by atoms with Gasteiger partial charge in [0.25, 0.3) is 0 Å². The van der Waals surface area contributed by atoms with Gasteiger partial charge in [0.2, 0.25) is 0 Å². The summed E-state index contributed by atoms with van der Waals surface area (Å²) < 4.78 is 5.11. The average Bonchev–Trinajstić information content (AvgIpc) is 3.12. The maximum atomic E-state index is 11.4. The van der Waals surface area contributed by atoms with E-state index in [0.717, 1.165) is 12.8 Å². The molecule has 0 spiro atoms. The highest BCUT2D eigenvalue weighted by Gasteiger charge is 2.27. The number of carbonyl (C=O) groups excluding carboxylic acids is 1. The minimum absolute atomic E-state index is 0.238. The highest BCUT2D eigenvalue weighted by molar-refractivity contribution is 6.31. The summed E-state index contributed by atoms with van der Waals surface area (Å²) in [6.45, 7) is 1.64. The first-order valence-electron chi connectivity index (χ1n) is 5.97. The third-order valence-electron chi connectivity index (χ3n) is 2.86. The first-order chi connectivity index (χ1) is 8.58. The maximum absolute atomic E-state index is 11.4. The van der Waals surface area contributed by atoms with Crippen LogP contribution >= 0.6 is 11.6 Å². The molecule has 0 aliphatic heterocycles. The van der Waals surface area contributed by atoms with Gasteiger partial charge >= 0.3 is 6.09 Å². The molecule has 2 rings (SSSR count). The summed E-state index contributed by atoms with van der Waals surface area (Å²) in [5, 5.41) is 13.2. The molecule has 18 heavy (non-hydrogen) atoms. The van der Waals surface area contributed by atoms with E-state index < -0.39 is 18.3 Å². The van der Waals surface area contributed by atoms with Crippen molar-refractivity contribution < 1.29 is 14.6 Å². The molecule has 0 saturated heterocycles. The lowest BCUT2D eigenvalue weighted by Crippen LogP contribution is -2.32. The number of ether oxygens (including phenoxy) is 1. The molecule has 4 nitrogen and oxygen atoms in total. The Kier molecular flexibility index (Phi) is 4.09. The molecule has 1 amide bonds. The van der Waals surface area contributed by atoms with Crippen molar-refractivity contribution in [2.45, 2.75) is 38.0 Å². The standard InChI is InChI=1S/C13H16ClNO3/c1-8(18-13(17)15-9-6-7-9)12(16)10-4-2-3-5-11(10)14/h2-5,8-9,12,16H,6-7H2,1H3,(H,15,17)/t8-,12+/m1/s1. The number of carbonyl (C=O) groups is 1. The van der Waals surface area contributed by atoms with Crippen LogP contribution in [0, 0.1) is 0 Å². The third kappa shape index (κ3) is 3.37. The molecule has 0 heterocycles. The van der Waals surface area contributed by atoms with Crippen LogP contribution in [0.1, 0.15) is 31.4 Å². The van der Waals surface area contributed by atoms with E-state index >= 15 is 0 Å². The van der Waals surface area contributed by atoms with Crippen LogP contribution in [0.2, 0.25) is 5.02 Å². The van der Waals surface area contributed by atoms with Gasteiger partial charge in [-0.3, -0.25) is 0 Å². The van der Waals surface area contributed by atoms with E-state index in [-0.39, 0.29) is 6.04 Å². The van der Waals surface area contributed by atoms with Crippen molar-refractivity contribution in [1.82, 2.24) is 5.32 Å². The van der Waals surface area contributed by atoms with Gasteiger partial charge in [-0.05, 0) is 25.8 Å². The van der Waals surface area contributed by atoms with Gasteiger partial charge in [0.05, 0.1) is 0 Å². The van der Waals surface area contributed by atoms with E-state index in [1.54, 1.807) is 31.2 Å². The summed E-state index contributed by atoms with van der Waals surface area (Å²) in [7, 11) is 0. The largest absolute Gasteiger partial charge is 0.443 e. The van der Waals surface area contributed by atoms with E-state index in [9.17, 15) is 9.90 Å². The molecule has 1 fully saturated rings. The number of aliphatic hydroxyl groups is 1. The van der Waals surface area contributed by atoms with Gasteiger partial charge in [-0.15, -0.1) is 0 Å². The molecule has 98 valence electrons. The molecule has 0 aromatic heterocycles. The van der Waals surface area contributed by atoms with Crippen molar-refractivity contribution in [3.05, 3.63) is 34.9 Å². The topological polar surface area (TPSA) is 58.6 Å². The summed E-state index contributed by atoms with van der Waals surface area (Å²) in [6.07, 6.45) is -0.0731. The Balaban J connectivity index is 1.93. The fraction of sp³-hybridized carbons (Fsp3) is 0.462. The first-order valence-corrected chi connectivity index (χ1v) is 6.35. The summed E-state index contributed by atoms with van der Waals surface area (Å²) in [6, 6.07) is 7.20. The van der Waals surface area contributed by atoms with E-state index in [4.69, 9.17) is 16.3 Å². The number of rotatable bonds is 4. The lowest BCUT2D eigenvalue weighted by Gasteiger charge is -2.20. The number of nitrogens with one attached hydrogen (secondary N) is 1. The quantitative estimate of drug-likeness (QED) is 0.883. The summed E-state index contributed by atoms with van der Waals surface area (Å²) in [4.78, 5) is 11.4. The second-order valence-electron chi connectivity index (χ2n) is 4.50. The number of hydrogen-bond acceptors (Lipinski definition) is 3. The lowest BCUT2D eigenvalue weighted by molar-refractivity contribution is 0.0118. The van der Waals surface area contributed by atoms with E-state index in [1.807, 2.05) is 0 Å². The van der Waals surface area contributed by atoms with Crippen molar-refractivity contribution in [3.63, 3.8) is 0 Å². The molecule has 0 radical (unpaired) electrons. The predicted octanol–water partition coefficient (Wildman–Crippen LogP) is 2.65. The fourth-order valence-corrected chi connectivity index (χ4v) is 1.88. The second-order valence-corrected chi connectivity index (χ2v) is 4.90. The number of benzene rings is 1. The number of hydrogen-bond donors (Lipinski definition) is 2.